The molecule has 9 heteroatoms. The molecule has 0 fully saturated rings. The van der Waals surface area contributed by atoms with Crippen LogP contribution < -0.4 is 14.8 Å². The van der Waals surface area contributed by atoms with Crippen molar-refractivity contribution in [3.05, 3.63) is 47.5 Å². The summed E-state index contributed by atoms with van der Waals surface area (Å²) in [5.41, 5.74) is 1.41. The second-order valence-electron chi connectivity index (χ2n) is 5.45. The van der Waals surface area contributed by atoms with Gasteiger partial charge in [0.25, 0.3) is 11.1 Å². The van der Waals surface area contributed by atoms with Crippen molar-refractivity contribution >= 4 is 22.4 Å². The molecule has 3 aromatic rings. The quantitative estimate of drug-likeness (QED) is 0.693. The maximum Gasteiger partial charge on any atom is 0.295 e. The first kappa shape index (κ1) is 18.7. The van der Waals surface area contributed by atoms with E-state index < -0.39 is 11.7 Å². The standard InChI is InChI=1S/C18H17FN4O3S/c1-4-26-18-23-22-17(27-18)21-16(24)12-9-20-10(2)8-11(12)15-13(19)6-5-7-14(15)25-3/h5-9H,4H2,1-3H3,(H,21,22,24). The van der Waals surface area contributed by atoms with Gasteiger partial charge in [-0.05, 0) is 43.4 Å². The summed E-state index contributed by atoms with van der Waals surface area (Å²) >= 11 is 1.10. The molecule has 0 radical (unpaired) electrons. The van der Waals surface area contributed by atoms with Crippen LogP contribution in [0.25, 0.3) is 11.1 Å². The first-order chi connectivity index (χ1) is 13.0. The van der Waals surface area contributed by atoms with Gasteiger partial charge in [0.2, 0.25) is 5.13 Å². The Morgan fingerprint density at radius 2 is 2.15 bits per heavy atom. The minimum absolute atomic E-state index is 0.192. The molecule has 0 atom stereocenters. The van der Waals surface area contributed by atoms with Crippen LogP contribution in [0.4, 0.5) is 9.52 Å². The Kier molecular flexibility index (Phi) is 5.60. The number of carbonyl (C=O) groups excluding carboxylic acids is 1. The summed E-state index contributed by atoms with van der Waals surface area (Å²) < 4.78 is 25.1. The zero-order chi connectivity index (χ0) is 19.4. The van der Waals surface area contributed by atoms with Crippen molar-refractivity contribution in [1.82, 2.24) is 15.2 Å². The second-order valence-corrected chi connectivity index (χ2v) is 6.39. The summed E-state index contributed by atoms with van der Waals surface area (Å²) in [7, 11) is 1.45. The Morgan fingerprint density at radius 3 is 2.89 bits per heavy atom. The van der Waals surface area contributed by atoms with Gasteiger partial charge >= 0.3 is 0 Å². The summed E-state index contributed by atoms with van der Waals surface area (Å²) in [6.07, 6.45) is 1.40. The fourth-order valence-corrected chi connectivity index (χ4v) is 3.14. The average Bonchev–Trinajstić information content (AvgIpc) is 3.08. The molecule has 0 spiro atoms. The summed E-state index contributed by atoms with van der Waals surface area (Å²) in [6, 6.07) is 6.13. The van der Waals surface area contributed by atoms with E-state index in [1.807, 2.05) is 6.92 Å². The Bertz CT molecular complexity index is 977. The van der Waals surface area contributed by atoms with Gasteiger partial charge in [0, 0.05) is 17.5 Å². The lowest BCUT2D eigenvalue weighted by atomic mass is 9.98. The van der Waals surface area contributed by atoms with Crippen molar-refractivity contribution in [2.24, 2.45) is 0 Å². The van der Waals surface area contributed by atoms with E-state index in [0.717, 1.165) is 11.3 Å². The highest BCUT2D eigenvalue weighted by molar-refractivity contribution is 7.17. The minimum atomic E-state index is -0.497. The molecule has 0 saturated carbocycles. The summed E-state index contributed by atoms with van der Waals surface area (Å²) in [5.74, 6) is -0.658. The van der Waals surface area contributed by atoms with Gasteiger partial charge in [-0.15, -0.1) is 5.10 Å². The number of aromatic nitrogens is 3. The van der Waals surface area contributed by atoms with E-state index in [0.29, 0.717) is 28.8 Å². The lowest BCUT2D eigenvalue weighted by molar-refractivity contribution is 0.102. The van der Waals surface area contributed by atoms with Crippen LogP contribution >= 0.6 is 11.3 Å². The molecule has 1 N–H and O–H groups in total. The molecule has 0 bridgehead atoms. The fourth-order valence-electron chi connectivity index (χ4n) is 2.49. The zero-order valence-electron chi connectivity index (χ0n) is 14.9. The van der Waals surface area contributed by atoms with Gasteiger partial charge in [-0.1, -0.05) is 11.2 Å². The van der Waals surface area contributed by atoms with E-state index in [4.69, 9.17) is 9.47 Å². The first-order valence-electron chi connectivity index (χ1n) is 8.10. The van der Waals surface area contributed by atoms with Crippen LogP contribution in [0.15, 0.2) is 30.5 Å². The van der Waals surface area contributed by atoms with Gasteiger partial charge in [-0.3, -0.25) is 15.1 Å². The molecule has 2 heterocycles. The van der Waals surface area contributed by atoms with Crippen molar-refractivity contribution in [2.75, 3.05) is 19.0 Å². The molecule has 27 heavy (non-hydrogen) atoms. The van der Waals surface area contributed by atoms with E-state index in [2.05, 4.69) is 20.5 Å². The molecule has 0 aliphatic rings. The molecule has 2 aromatic heterocycles. The van der Waals surface area contributed by atoms with E-state index in [1.54, 1.807) is 25.1 Å². The number of ether oxygens (including phenoxy) is 2. The van der Waals surface area contributed by atoms with Gasteiger partial charge in [0.05, 0.1) is 24.8 Å². The van der Waals surface area contributed by atoms with E-state index in [1.165, 1.54) is 19.4 Å². The number of nitrogens with one attached hydrogen (secondary N) is 1. The normalized spacial score (nSPS) is 10.5. The summed E-state index contributed by atoms with van der Waals surface area (Å²) in [4.78, 5) is 16.9. The van der Waals surface area contributed by atoms with Crippen LogP contribution in [0.5, 0.6) is 10.9 Å². The second kappa shape index (κ2) is 8.09. The molecule has 140 valence electrons. The zero-order valence-corrected chi connectivity index (χ0v) is 15.8. The predicted octanol–water partition coefficient (Wildman–Crippen LogP) is 3.71. The predicted molar refractivity (Wildman–Crippen MR) is 100.0 cm³/mol. The number of halogens is 1. The number of pyridine rings is 1. The van der Waals surface area contributed by atoms with Crippen molar-refractivity contribution in [3.8, 4) is 22.1 Å². The molecule has 7 nitrogen and oxygen atoms in total. The van der Waals surface area contributed by atoms with E-state index in [9.17, 15) is 9.18 Å². The highest BCUT2D eigenvalue weighted by atomic mass is 32.1. The number of hydrogen-bond acceptors (Lipinski definition) is 7. The van der Waals surface area contributed by atoms with Gasteiger partial charge in [-0.25, -0.2) is 4.39 Å². The van der Waals surface area contributed by atoms with Crippen molar-refractivity contribution in [1.29, 1.82) is 0 Å². The van der Waals surface area contributed by atoms with Crippen LogP contribution in [0.2, 0.25) is 0 Å². The topological polar surface area (TPSA) is 86.2 Å². The monoisotopic (exact) mass is 388 g/mol. The SMILES string of the molecule is CCOc1nnc(NC(=O)c2cnc(C)cc2-c2c(F)cccc2OC)s1. The number of rotatable bonds is 6. The Hall–Kier alpha value is -3.07. The molecular weight excluding hydrogens is 371 g/mol. The molecule has 0 unspecified atom stereocenters. The number of aryl methyl sites for hydroxylation is 1. The number of hydrogen-bond donors (Lipinski definition) is 1. The van der Waals surface area contributed by atoms with Gasteiger partial charge in [0.1, 0.15) is 11.6 Å². The number of anilines is 1. The Morgan fingerprint density at radius 1 is 1.33 bits per heavy atom. The maximum absolute atomic E-state index is 14.5. The lowest BCUT2D eigenvalue weighted by Gasteiger charge is -2.14. The molecule has 0 aliphatic heterocycles. The van der Waals surface area contributed by atoms with Crippen LogP contribution in [0.1, 0.15) is 23.0 Å². The van der Waals surface area contributed by atoms with E-state index in [-0.39, 0.29) is 16.3 Å². The smallest absolute Gasteiger partial charge is 0.295 e. The number of benzene rings is 1. The molecule has 0 saturated heterocycles. The van der Waals surface area contributed by atoms with Crippen LogP contribution in [-0.2, 0) is 0 Å². The number of nitrogens with zero attached hydrogens (tertiary/aromatic N) is 3. The number of methoxy groups -OCH3 is 1. The van der Waals surface area contributed by atoms with Crippen LogP contribution in [-0.4, -0.2) is 34.8 Å². The van der Waals surface area contributed by atoms with Gasteiger partial charge in [-0.2, -0.15) is 0 Å². The number of carbonyl (C=O) groups is 1. The van der Waals surface area contributed by atoms with Crippen molar-refractivity contribution in [2.45, 2.75) is 13.8 Å². The average molecular weight is 388 g/mol. The summed E-state index contributed by atoms with van der Waals surface area (Å²) in [6.45, 7) is 4.03. The van der Waals surface area contributed by atoms with Gasteiger partial charge < -0.3 is 9.47 Å². The Labute approximate surface area is 159 Å². The fraction of sp³-hybridized carbons (Fsp3) is 0.222. The van der Waals surface area contributed by atoms with Crippen molar-refractivity contribution < 1.29 is 18.7 Å². The highest BCUT2D eigenvalue weighted by Crippen LogP contribution is 2.35. The maximum atomic E-state index is 14.5. The number of amides is 1. The van der Waals surface area contributed by atoms with Crippen LogP contribution in [0.3, 0.4) is 0 Å². The van der Waals surface area contributed by atoms with Crippen molar-refractivity contribution in [3.63, 3.8) is 0 Å². The molecule has 1 amide bonds. The largest absolute Gasteiger partial charge is 0.496 e. The summed E-state index contributed by atoms with van der Waals surface area (Å²) in [5, 5.41) is 11.0. The third-order valence-electron chi connectivity index (χ3n) is 3.64. The van der Waals surface area contributed by atoms with Crippen LogP contribution in [0, 0.1) is 12.7 Å². The molecule has 0 aliphatic carbocycles. The molecule has 1 aromatic carbocycles. The first-order valence-corrected chi connectivity index (χ1v) is 8.92. The highest BCUT2D eigenvalue weighted by Gasteiger charge is 2.21. The molecule has 3 rings (SSSR count). The Balaban J connectivity index is 2.00. The third-order valence-corrected chi connectivity index (χ3v) is 4.40. The third kappa shape index (κ3) is 4.03. The van der Waals surface area contributed by atoms with E-state index >= 15 is 0 Å². The molecular formula is C18H17FN4O3S. The van der Waals surface area contributed by atoms with Gasteiger partial charge in [0.15, 0.2) is 0 Å². The minimum Gasteiger partial charge on any atom is -0.496 e. The lowest BCUT2D eigenvalue weighted by Crippen LogP contribution is -2.14.